The quantitative estimate of drug-likeness (QED) is 0.808. The minimum absolute atomic E-state index is 0. The first-order chi connectivity index (χ1) is 8.13. The van der Waals surface area contributed by atoms with Gasteiger partial charge in [0.25, 0.3) is 0 Å². The van der Waals surface area contributed by atoms with Crippen molar-refractivity contribution in [3.63, 3.8) is 0 Å². The topological polar surface area (TPSA) is 38.3 Å². The third kappa shape index (κ3) is 6.03. The second-order valence-electron chi connectivity index (χ2n) is 4.21. The van der Waals surface area contributed by atoms with Crippen LogP contribution in [0.4, 0.5) is 0 Å². The van der Waals surface area contributed by atoms with Crippen molar-refractivity contribution in [2.24, 2.45) is 0 Å². The van der Waals surface area contributed by atoms with Crippen LogP contribution in [0.5, 0.6) is 0 Å². The van der Waals surface area contributed by atoms with E-state index in [0.29, 0.717) is 13.0 Å². The van der Waals surface area contributed by atoms with Crippen molar-refractivity contribution < 1.29 is 9.53 Å². The number of hydrogen-bond donors (Lipinski definition) is 1. The van der Waals surface area contributed by atoms with Crippen molar-refractivity contribution in [1.82, 2.24) is 5.32 Å². The minimum Gasteiger partial charge on any atom is -0.466 e. The van der Waals surface area contributed by atoms with Gasteiger partial charge in [0.05, 0.1) is 13.0 Å². The molecule has 1 unspecified atom stereocenters. The summed E-state index contributed by atoms with van der Waals surface area (Å²) in [6, 6.07) is 10.5. The van der Waals surface area contributed by atoms with E-state index in [0.717, 1.165) is 0 Å². The zero-order chi connectivity index (χ0) is 12.7. The molecule has 0 spiro atoms. The van der Waals surface area contributed by atoms with Gasteiger partial charge in [0.2, 0.25) is 0 Å². The van der Waals surface area contributed by atoms with Crippen LogP contribution in [0.3, 0.4) is 0 Å². The van der Waals surface area contributed by atoms with Crippen LogP contribution in [0.15, 0.2) is 30.3 Å². The summed E-state index contributed by atoms with van der Waals surface area (Å²) in [4.78, 5) is 11.3. The molecule has 0 aromatic heterocycles. The van der Waals surface area contributed by atoms with Crippen molar-refractivity contribution in [2.75, 3.05) is 6.61 Å². The van der Waals surface area contributed by atoms with Gasteiger partial charge >= 0.3 is 5.97 Å². The SMILES string of the molecule is CCOC(=O)CC(C)N[C@@H](C)c1ccccc1.Cl. The second-order valence-corrected chi connectivity index (χ2v) is 4.21. The fourth-order valence-electron chi connectivity index (χ4n) is 1.79. The van der Waals surface area contributed by atoms with E-state index in [4.69, 9.17) is 4.74 Å². The summed E-state index contributed by atoms with van der Waals surface area (Å²) >= 11 is 0. The molecule has 0 aliphatic rings. The number of halogens is 1. The molecule has 1 N–H and O–H groups in total. The lowest BCUT2D eigenvalue weighted by Crippen LogP contribution is -2.31. The second kappa shape index (κ2) is 8.95. The van der Waals surface area contributed by atoms with Crippen molar-refractivity contribution in [3.8, 4) is 0 Å². The Balaban J connectivity index is 0.00000289. The molecule has 0 saturated carbocycles. The molecule has 1 aromatic carbocycles. The molecule has 18 heavy (non-hydrogen) atoms. The maximum absolute atomic E-state index is 11.3. The van der Waals surface area contributed by atoms with E-state index in [1.165, 1.54) is 5.56 Å². The molecule has 1 aromatic rings. The van der Waals surface area contributed by atoms with Gasteiger partial charge in [-0.3, -0.25) is 4.79 Å². The fraction of sp³-hybridized carbons (Fsp3) is 0.500. The van der Waals surface area contributed by atoms with Gasteiger partial charge in [-0.1, -0.05) is 30.3 Å². The van der Waals surface area contributed by atoms with Crippen molar-refractivity contribution in [2.45, 2.75) is 39.3 Å². The highest BCUT2D eigenvalue weighted by Crippen LogP contribution is 2.12. The number of ether oxygens (including phenoxy) is 1. The first-order valence-electron chi connectivity index (χ1n) is 6.10. The molecule has 4 heteroatoms. The van der Waals surface area contributed by atoms with Gasteiger partial charge in [-0.2, -0.15) is 0 Å². The maximum atomic E-state index is 11.3. The molecule has 102 valence electrons. The molecule has 0 fully saturated rings. The lowest BCUT2D eigenvalue weighted by atomic mass is 10.1. The summed E-state index contributed by atoms with van der Waals surface area (Å²) < 4.78 is 4.92. The number of esters is 1. The highest BCUT2D eigenvalue weighted by molar-refractivity contribution is 5.85. The third-order valence-corrected chi connectivity index (χ3v) is 2.61. The number of rotatable bonds is 6. The molecule has 0 aliphatic heterocycles. The molecular formula is C14H22ClNO2. The zero-order valence-electron chi connectivity index (χ0n) is 11.2. The average molecular weight is 272 g/mol. The zero-order valence-corrected chi connectivity index (χ0v) is 12.0. The summed E-state index contributed by atoms with van der Waals surface area (Å²) in [5, 5.41) is 3.38. The number of carbonyl (C=O) groups excluding carboxylic acids is 1. The van der Waals surface area contributed by atoms with E-state index in [9.17, 15) is 4.79 Å². The van der Waals surface area contributed by atoms with Crippen LogP contribution in [0.25, 0.3) is 0 Å². The molecule has 0 saturated heterocycles. The van der Waals surface area contributed by atoms with Gasteiger partial charge in [-0.15, -0.1) is 12.4 Å². The standard InChI is InChI=1S/C14H21NO2.ClH/c1-4-17-14(16)10-11(2)15-12(3)13-8-6-5-7-9-13;/h5-9,11-12,15H,4,10H2,1-3H3;1H/t11?,12-;/m0./s1. The van der Waals surface area contributed by atoms with Gasteiger partial charge in [0.15, 0.2) is 0 Å². The van der Waals surface area contributed by atoms with Crippen LogP contribution in [0.2, 0.25) is 0 Å². The van der Waals surface area contributed by atoms with Crippen LogP contribution < -0.4 is 5.32 Å². The Morgan fingerprint density at radius 2 is 1.89 bits per heavy atom. The highest BCUT2D eigenvalue weighted by Gasteiger charge is 2.13. The molecule has 3 nitrogen and oxygen atoms in total. The predicted molar refractivity (Wildman–Crippen MR) is 76.0 cm³/mol. The molecule has 0 aliphatic carbocycles. The van der Waals surface area contributed by atoms with Gasteiger partial charge < -0.3 is 10.1 Å². The average Bonchev–Trinajstić information content (AvgIpc) is 2.30. The van der Waals surface area contributed by atoms with Crippen LogP contribution in [-0.2, 0) is 9.53 Å². The smallest absolute Gasteiger partial charge is 0.307 e. The monoisotopic (exact) mass is 271 g/mol. The van der Waals surface area contributed by atoms with Gasteiger partial charge in [0, 0.05) is 12.1 Å². The maximum Gasteiger partial charge on any atom is 0.307 e. The van der Waals surface area contributed by atoms with Crippen molar-refractivity contribution >= 4 is 18.4 Å². The van der Waals surface area contributed by atoms with E-state index in [-0.39, 0.29) is 30.5 Å². The Bertz CT molecular complexity index is 343. The summed E-state index contributed by atoms with van der Waals surface area (Å²) in [5.41, 5.74) is 1.23. The third-order valence-electron chi connectivity index (χ3n) is 2.61. The minimum atomic E-state index is -0.146. The fourth-order valence-corrected chi connectivity index (χ4v) is 1.79. The number of carbonyl (C=O) groups is 1. The van der Waals surface area contributed by atoms with Crippen molar-refractivity contribution in [3.05, 3.63) is 35.9 Å². The molecule has 0 bridgehead atoms. The van der Waals surface area contributed by atoms with E-state index in [1.54, 1.807) is 0 Å². The number of nitrogens with one attached hydrogen (secondary N) is 1. The normalized spacial score (nSPS) is 13.3. The number of hydrogen-bond acceptors (Lipinski definition) is 3. The van der Waals surface area contributed by atoms with Crippen LogP contribution >= 0.6 is 12.4 Å². The number of benzene rings is 1. The van der Waals surface area contributed by atoms with Crippen LogP contribution in [0.1, 0.15) is 38.8 Å². The summed E-state index contributed by atoms with van der Waals surface area (Å²) in [5.74, 6) is -0.146. The van der Waals surface area contributed by atoms with Gasteiger partial charge in [-0.25, -0.2) is 0 Å². The summed E-state index contributed by atoms with van der Waals surface area (Å²) in [6.07, 6.45) is 0.408. The van der Waals surface area contributed by atoms with Gasteiger partial charge in [-0.05, 0) is 26.3 Å². The predicted octanol–water partition coefficient (Wildman–Crippen LogP) is 3.10. The van der Waals surface area contributed by atoms with E-state index < -0.39 is 0 Å². The van der Waals surface area contributed by atoms with Crippen molar-refractivity contribution in [1.29, 1.82) is 0 Å². The molecular weight excluding hydrogens is 250 g/mol. The molecule has 0 radical (unpaired) electrons. The van der Waals surface area contributed by atoms with E-state index in [1.807, 2.05) is 32.0 Å². The molecule has 2 atom stereocenters. The van der Waals surface area contributed by atoms with Crippen LogP contribution in [0, 0.1) is 0 Å². The van der Waals surface area contributed by atoms with E-state index in [2.05, 4.69) is 24.4 Å². The largest absolute Gasteiger partial charge is 0.466 e. The lowest BCUT2D eigenvalue weighted by molar-refractivity contribution is -0.143. The Morgan fingerprint density at radius 1 is 1.28 bits per heavy atom. The Labute approximate surface area is 115 Å². The Kier molecular flexibility index (Phi) is 8.42. The lowest BCUT2D eigenvalue weighted by Gasteiger charge is -2.19. The summed E-state index contributed by atoms with van der Waals surface area (Å²) in [6.45, 7) is 6.36. The van der Waals surface area contributed by atoms with Gasteiger partial charge in [0.1, 0.15) is 0 Å². The van der Waals surface area contributed by atoms with E-state index >= 15 is 0 Å². The first-order valence-corrected chi connectivity index (χ1v) is 6.10. The summed E-state index contributed by atoms with van der Waals surface area (Å²) in [7, 11) is 0. The van der Waals surface area contributed by atoms with Crippen LogP contribution in [-0.4, -0.2) is 18.6 Å². The molecule has 0 heterocycles. The molecule has 1 rings (SSSR count). The molecule has 0 amide bonds. The Morgan fingerprint density at radius 3 is 2.44 bits per heavy atom. The Hall–Kier alpha value is -1.06. The highest BCUT2D eigenvalue weighted by atomic mass is 35.5. The first kappa shape index (κ1) is 16.9.